The van der Waals surface area contributed by atoms with Gasteiger partial charge in [-0.25, -0.2) is 4.39 Å². The number of aromatic nitrogens is 2. The van der Waals surface area contributed by atoms with Crippen molar-refractivity contribution in [2.75, 3.05) is 5.32 Å². The van der Waals surface area contributed by atoms with Gasteiger partial charge in [0.25, 0.3) is 5.91 Å². The number of nitrogens with one attached hydrogen (secondary N) is 1. The smallest absolute Gasteiger partial charge is 0.255 e. The van der Waals surface area contributed by atoms with Gasteiger partial charge in [0.1, 0.15) is 5.82 Å². The highest BCUT2D eigenvalue weighted by atomic mass is 35.5. The molecule has 0 aliphatic rings. The summed E-state index contributed by atoms with van der Waals surface area (Å²) in [5.74, 6) is -0.878. The Bertz CT molecular complexity index is 875. The second-order valence-corrected chi connectivity index (χ2v) is 5.91. The van der Waals surface area contributed by atoms with Crippen molar-refractivity contribution >= 4 is 34.8 Å². The van der Waals surface area contributed by atoms with Crippen molar-refractivity contribution in [1.29, 1.82) is 0 Å². The lowest BCUT2D eigenvalue weighted by molar-refractivity contribution is 0.102. The zero-order valence-electron chi connectivity index (χ0n) is 12.3. The second-order valence-electron chi connectivity index (χ2n) is 5.09. The van der Waals surface area contributed by atoms with Gasteiger partial charge in [0, 0.05) is 27.4 Å². The van der Waals surface area contributed by atoms with Crippen LogP contribution in [0.15, 0.2) is 54.9 Å². The largest absolute Gasteiger partial charge is 0.319 e. The van der Waals surface area contributed by atoms with E-state index in [1.165, 1.54) is 30.5 Å². The van der Waals surface area contributed by atoms with E-state index in [0.29, 0.717) is 22.3 Å². The van der Waals surface area contributed by atoms with Crippen molar-refractivity contribution in [2.24, 2.45) is 0 Å². The van der Waals surface area contributed by atoms with Gasteiger partial charge in [-0.15, -0.1) is 0 Å². The fourth-order valence-corrected chi connectivity index (χ4v) is 2.71. The zero-order chi connectivity index (χ0) is 17.1. The van der Waals surface area contributed by atoms with Gasteiger partial charge in [-0.1, -0.05) is 35.3 Å². The van der Waals surface area contributed by atoms with Crippen LogP contribution >= 0.6 is 23.2 Å². The molecular weight excluding hydrogens is 352 g/mol. The van der Waals surface area contributed by atoms with Crippen LogP contribution < -0.4 is 5.32 Å². The predicted molar refractivity (Wildman–Crippen MR) is 92.1 cm³/mol. The first kappa shape index (κ1) is 16.5. The maximum Gasteiger partial charge on any atom is 0.255 e. The molecule has 4 nitrogen and oxygen atoms in total. The Morgan fingerprint density at radius 1 is 1.17 bits per heavy atom. The summed E-state index contributed by atoms with van der Waals surface area (Å²) in [7, 11) is 0. The van der Waals surface area contributed by atoms with E-state index in [4.69, 9.17) is 23.2 Å². The molecule has 0 spiro atoms. The summed E-state index contributed by atoms with van der Waals surface area (Å²) < 4.78 is 14.8. The Morgan fingerprint density at radius 3 is 2.58 bits per heavy atom. The molecule has 1 N–H and O–H groups in total. The van der Waals surface area contributed by atoms with E-state index in [0.717, 1.165) is 5.56 Å². The topological polar surface area (TPSA) is 46.9 Å². The van der Waals surface area contributed by atoms with Crippen LogP contribution in [0.3, 0.4) is 0 Å². The minimum absolute atomic E-state index is 0.233. The summed E-state index contributed by atoms with van der Waals surface area (Å²) in [6, 6.07) is 10.7. The van der Waals surface area contributed by atoms with Crippen LogP contribution in [0.25, 0.3) is 0 Å². The molecule has 7 heteroatoms. The molecule has 0 bridgehead atoms. The van der Waals surface area contributed by atoms with Gasteiger partial charge in [0.2, 0.25) is 0 Å². The van der Waals surface area contributed by atoms with Gasteiger partial charge < -0.3 is 5.32 Å². The average molecular weight is 364 g/mol. The third-order valence-electron chi connectivity index (χ3n) is 3.36. The fourth-order valence-electron chi connectivity index (χ4n) is 2.19. The molecule has 24 heavy (non-hydrogen) atoms. The van der Waals surface area contributed by atoms with E-state index in [1.54, 1.807) is 29.1 Å². The van der Waals surface area contributed by atoms with Crippen LogP contribution in [0.4, 0.5) is 10.1 Å². The summed E-state index contributed by atoms with van der Waals surface area (Å²) in [5, 5.41) is 7.92. The number of rotatable bonds is 4. The number of carbonyl (C=O) groups excluding carboxylic acids is 1. The van der Waals surface area contributed by atoms with Crippen molar-refractivity contribution in [1.82, 2.24) is 9.78 Å². The van der Waals surface area contributed by atoms with E-state index < -0.39 is 11.7 Å². The molecule has 0 saturated heterocycles. The van der Waals surface area contributed by atoms with Crippen molar-refractivity contribution < 1.29 is 9.18 Å². The maximum atomic E-state index is 13.2. The molecule has 3 aromatic rings. The van der Waals surface area contributed by atoms with Crippen molar-refractivity contribution in [2.45, 2.75) is 6.54 Å². The highest BCUT2D eigenvalue weighted by molar-refractivity contribution is 6.35. The first-order valence-electron chi connectivity index (χ1n) is 7.05. The van der Waals surface area contributed by atoms with Gasteiger partial charge >= 0.3 is 0 Å². The fraction of sp³-hybridized carbons (Fsp3) is 0.0588. The molecule has 1 aromatic heterocycles. The lowest BCUT2D eigenvalue weighted by atomic mass is 10.2. The SMILES string of the molecule is O=C(Nc1cnn(Cc2c(Cl)cccc2Cl)c1)c1cccc(F)c1. The van der Waals surface area contributed by atoms with Crippen LogP contribution in [0.1, 0.15) is 15.9 Å². The molecule has 0 saturated carbocycles. The monoisotopic (exact) mass is 363 g/mol. The summed E-state index contributed by atoms with van der Waals surface area (Å²) in [5.41, 5.74) is 1.47. The molecule has 0 fully saturated rings. The molecule has 1 amide bonds. The first-order chi connectivity index (χ1) is 11.5. The second kappa shape index (κ2) is 7.03. The van der Waals surface area contributed by atoms with Crippen LogP contribution in [0.2, 0.25) is 10.0 Å². The summed E-state index contributed by atoms with van der Waals surface area (Å²) in [6.07, 6.45) is 3.15. The number of hydrogen-bond donors (Lipinski definition) is 1. The van der Waals surface area contributed by atoms with E-state index in [2.05, 4.69) is 10.4 Å². The van der Waals surface area contributed by atoms with Gasteiger partial charge in [0.15, 0.2) is 0 Å². The Hall–Kier alpha value is -2.37. The van der Waals surface area contributed by atoms with Gasteiger partial charge in [0.05, 0.1) is 18.4 Å². The normalized spacial score (nSPS) is 10.6. The van der Waals surface area contributed by atoms with E-state index in [9.17, 15) is 9.18 Å². The maximum absolute atomic E-state index is 13.2. The van der Waals surface area contributed by atoms with Crippen LogP contribution in [-0.4, -0.2) is 15.7 Å². The number of hydrogen-bond acceptors (Lipinski definition) is 2. The van der Waals surface area contributed by atoms with Crippen LogP contribution in [0, 0.1) is 5.82 Å². The number of benzene rings is 2. The minimum atomic E-state index is -0.466. The first-order valence-corrected chi connectivity index (χ1v) is 7.81. The van der Waals surface area contributed by atoms with E-state index in [1.807, 2.05) is 0 Å². The Kier molecular flexibility index (Phi) is 4.83. The lowest BCUT2D eigenvalue weighted by Gasteiger charge is -2.06. The van der Waals surface area contributed by atoms with Crippen molar-refractivity contribution in [3.63, 3.8) is 0 Å². The summed E-state index contributed by atoms with van der Waals surface area (Å²) in [4.78, 5) is 12.1. The molecule has 0 aliphatic carbocycles. The molecule has 122 valence electrons. The highest BCUT2D eigenvalue weighted by Crippen LogP contribution is 2.25. The van der Waals surface area contributed by atoms with Gasteiger partial charge in [-0.2, -0.15) is 5.10 Å². The molecule has 0 radical (unpaired) electrons. The third kappa shape index (κ3) is 3.75. The van der Waals surface area contributed by atoms with Crippen molar-refractivity contribution in [3.8, 4) is 0 Å². The lowest BCUT2D eigenvalue weighted by Crippen LogP contribution is -2.11. The molecule has 2 aromatic carbocycles. The number of amides is 1. The Labute approximate surface area is 147 Å². The summed E-state index contributed by atoms with van der Waals surface area (Å²) in [6.45, 7) is 0.369. The molecule has 3 rings (SSSR count). The number of nitrogens with zero attached hydrogens (tertiary/aromatic N) is 2. The van der Waals surface area contributed by atoms with E-state index in [-0.39, 0.29) is 5.56 Å². The predicted octanol–water partition coefficient (Wildman–Crippen LogP) is 4.63. The van der Waals surface area contributed by atoms with Crippen molar-refractivity contribution in [3.05, 3.63) is 81.8 Å². The molecular formula is C17H12Cl2FN3O. The Balaban J connectivity index is 1.73. The molecule has 0 unspecified atom stereocenters. The third-order valence-corrected chi connectivity index (χ3v) is 4.07. The van der Waals surface area contributed by atoms with Gasteiger partial charge in [-0.3, -0.25) is 9.48 Å². The molecule has 1 heterocycles. The number of halogens is 3. The quantitative estimate of drug-likeness (QED) is 0.734. The standard InChI is InChI=1S/C17H12Cl2FN3O/c18-15-5-2-6-16(19)14(15)10-23-9-13(8-21-23)22-17(24)11-3-1-4-12(20)7-11/h1-9H,10H2,(H,22,24). The number of anilines is 1. The van der Waals surface area contributed by atoms with Crippen LogP contribution in [-0.2, 0) is 6.54 Å². The Morgan fingerprint density at radius 2 is 1.88 bits per heavy atom. The van der Waals surface area contributed by atoms with E-state index >= 15 is 0 Å². The average Bonchev–Trinajstić information content (AvgIpc) is 2.98. The highest BCUT2D eigenvalue weighted by Gasteiger charge is 2.10. The van der Waals surface area contributed by atoms with Gasteiger partial charge in [-0.05, 0) is 30.3 Å². The summed E-state index contributed by atoms with van der Waals surface area (Å²) >= 11 is 12.3. The zero-order valence-corrected chi connectivity index (χ0v) is 13.9. The van der Waals surface area contributed by atoms with Crippen LogP contribution in [0.5, 0.6) is 0 Å². The molecule has 0 atom stereocenters. The minimum Gasteiger partial charge on any atom is -0.319 e. The number of carbonyl (C=O) groups is 1. The molecule has 0 aliphatic heterocycles.